The van der Waals surface area contributed by atoms with E-state index in [0.29, 0.717) is 33.9 Å². The molecule has 0 aliphatic carbocycles. The number of benzene rings is 4. The van der Waals surface area contributed by atoms with Gasteiger partial charge in [-0.2, -0.15) is 6.07 Å². The topological polar surface area (TPSA) is 71.4 Å². The summed E-state index contributed by atoms with van der Waals surface area (Å²) in [5, 5.41) is 3.35. The van der Waals surface area contributed by atoms with E-state index in [1.165, 1.54) is 0 Å². The van der Waals surface area contributed by atoms with E-state index >= 15 is 0 Å². The molecule has 177 valence electrons. The molecule has 6 rings (SSSR count). The first-order valence-corrected chi connectivity index (χ1v) is 9.90. The summed E-state index contributed by atoms with van der Waals surface area (Å²) in [6.07, 6.45) is 0. The number of ether oxygens (including phenoxy) is 2. The Kier molecular flexibility index (Phi) is 31.4. The van der Waals surface area contributed by atoms with Crippen LogP contribution in [0.25, 0.3) is 5.73 Å². The van der Waals surface area contributed by atoms with Gasteiger partial charge < -0.3 is 20.5 Å². The van der Waals surface area contributed by atoms with E-state index in [9.17, 15) is 4.79 Å². The fraction of sp³-hybridized carbons (Fsp3) is 0.0385. The van der Waals surface area contributed by atoms with Gasteiger partial charge in [-0.3, -0.25) is 0 Å². The van der Waals surface area contributed by atoms with Crippen molar-refractivity contribution in [1.29, 1.82) is 0 Å². The van der Waals surface area contributed by atoms with E-state index in [4.69, 9.17) is 15.2 Å². The summed E-state index contributed by atoms with van der Waals surface area (Å²) in [5.74, 6) is 0.664. The number of esters is 1. The third-order valence-corrected chi connectivity index (χ3v) is 5.70. The second-order valence-electron chi connectivity index (χ2n) is 7.54. The van der Waals surface area contributed by atoms with Gasteiger partial charge in [0.1, 0.15) is 5.75 Å². The Labute approximate surface area is 461 Å². The van der Waals surface area contributed by atoms with Gasteiger partial charge in [-0.05, 0) is 24.3 Å². The molecule has 0 bridgehead atoms. The van der Waals surface area contributed by atoms with Gasteiger partial charge in [0.15, 0.2) is 5.60 Å². The summed E-state index contributed by atoms with van der Waals surface area (Å²) < 4.78 is 12.3. The summed E-state index contributed by atoms with van der Waals surface area (Å²) >= 11 is 0. The summed E-state index contributed by atoms with van der Waals surface area (Å²) in [4.78, 5) is 12.9. The number of anilines is 2. The molecule has 2 aliphatic rings. The maximum atomic E-state index is 12.9. The minimum Gasteiger partial charge on any atom is -0.699 e. The van der Waals surface area contributed by atoms with E-state index in [-0.39, 0.29) is 300 Å². The van der Waals surface area contributed by atoms with Crippen molar-refractivity contribution in [2.24, 2.45) is 0 Å². The molecule has 0 saturated heterocycles. The second kappa shape index (κ2) is 23.9. The Balaban J connectivity index is -0.000000720. The van der Waals surface area contributed by atoms with Crippen LogP contribution in [0.3, 0.4) is 0 Å². The quantitative estimate of drug-likeness (QED) is 0.185. The van der Waals surface area contributed by atoms with Gasteiger partial charge in [0.2, 0.25) is 0 Å². The Hall–Kier alpha value is 5.69. The van der Waals surface area contributed by atoms with Crippen molar-refractivity contribution >= 4 is 23.0 Å². The van der Waals surface area contributed by atoms with Gasteiger partial charge in [-0.1, -0.05) is 59.8 Å². The van der Waals surface area contributed by atoms with Crippen LogP contribution in [0, 0.1) is 6.07 Å². The van der Waals surface area contributed by atoms with E-state index in [2.05, 4.69) is 11.4 Å². The standard InChI is InChI=1S/C26H16N2O3.9Y/c27-16-10-12-21-24(14-16)30-23-13-11-18(28-17-6-2-1-3-7-17)15-22(23)26(21)20-9-5-4-8-19(20)25(29)31-26;;;;;;;;;/h1-10,12-15,27-28H;;;;;;;;;/q-2;;;;;;;;;. The Morgan fingerprint density at radius 3 is 1.98 bits per heavy atom. The number of nitrogens with one attached hydrogen (secondary N) is 2. The Morgan fingerprint density at radius 2 is 1.30 bits per heavy atom. The monoisotopic (exact) mass is 1200 g/mol. The molecule has 1 atom stereocenters. The third-order valence-electron chi connectivity index (χ3n) is 5.70. The molecule has 14 heteroatoms. The normalized spacial score (nSPS) is 13.8. The van der Waals surface area contributed by atoms with Crippen molar-refractivity contribution in [3.05, 3.63) is 119 Å². The summed E-state index contributed by atoms with van der Waals surface area (Å²) in [6.45, 7) is 0. The number of rotatable bonds is 2. The van der Waals surface area contributed by atoms with Crippen molar-refractivity contribution < 1.29 is 309 Å². The van der Waals surface area contributed by atoms with Gasteiger partial charge in [-0.15, -0.1) is 17.8 Å². The van der Waals surface area contributed by atoms with Crippen molar-refractivity contribution in [3.63, 3.8) is 0 Å². The van der Waals surface area contributed by atoms with Gasteiger partial charge in [0.25, 0.3) is 0 Å². The first-order chi connectivity index (χ1) is 15.1. The Bertz CT molecular complexity index is 1380. The molecular weight excluding hydrogens is 1190 g/mol. The molecule has 2 N–H and O–H groups in total. The van der Waals surface area contributed by atoms with Crippen molar-refractivity contribution in [2.45, 2.75) is 5.60 Å². The molecule has 1 unspecified atom stereocenters. The maximum absolute atomic E-state index is 12.9. The average Bonchev–Trinajstić information content (AvgIpc) is 3.08. The molecule has 2 heterocycles. The van der Waals surface area contributed by atoms with Crippen molar-refractivity contribution in [3.8, 4) is 11.5 Å². The minimum absolute atomic E-state index is 0. The number of carbonyl (C=O) groups excluding carboxylic acids is 1. The first-order valence-electron chi connectivity index (χ1n) is 9.90. The molecule has 4 aromatic rings. The van der Waals surface area contributed by atoms with E-state index in [1.807, 2.05) is 54.6 Å². The van der Waals surface area contributed by atoms with Crippen molar-refractivity contribution in [1.82, 2.24) is 0 Å². The largest absolute Gasteiger partial charge is 0.699 e. The summed E-state index contributed by atoms with van der Waals surface area (Å²) in [6, 6.07) is 29.2. The Morgan fingerprint density at radius 1 is 0.675 bits per heavy atom. The van der Waals surface area contributed by atoms with E-state index in [0.717, 1.165) is 16.9 Å². The van der Waals surface area contributed by atoms with Crippen LogP contribution in [-0.2, 0) is 305 Å². The van der Waals surface area contributed by atoms with E-state index in [1.54, 1.807) is 30.3 Å². The summed E-state index contributed by atoms with van der Waals surface area (Å²) in [5.41, 5.74) is 11.6. The zero-order chi connectivity index (χ0) is 21.0. The second-order valence-corrected chi connectivity index (χ2v) is 7.54. The predicted octanol–water partition coefficient (Wildman–Crippen LogP) is 6.46. The van der Waals surface area contributed by atoms with E-state index < -0.39 is 5.60 Å². The average molecular weight is 1200 g/mol. The molecule has 0 aromatic heterocycles. The molecule has 0 amide bonds. The molecular formula is C26H16N2O3Y9-2. The molecule has 1 spiro atoms. The number of hydrogen-bond donors (Lipinski definition) is 1. The molecule has 40 heavy (non-hydrogen) atoms. The number of fused-ring (bicyclic) bond motifs is 6. The van der Waals surface area contributed by atoms with Crippen LogP contribution in [0.15, 0.2) is 84.9 Å². The molecule has 4 aromatic carbocycles. The molecule has 9 radical (unpaired) electrons. The smallest absolute Gasteiger partial charge is 0.340 e. The van der Waals surface area contributed by atoms with Crippen LogP contribution in [0.5, 0.6) is 11.5 Å². The predicted molar refractivity (Wildman–Crippen MR) is 117 cm³/mol. The fourth-order valence-corrected chi connectivity index (χ4v) is 4.37. The first kappa shape index (κ1) is 52.5. The summed E-state index contributed by atoms with van der Waals surface area (Å²) in [7, 11) is 0. The SMILES string of the molecule is [NH-]c1ccc2c(c1)Oc1c[c-]c(Nc3ccccc3)cc1C21OC(=O)c2ccccc21.[Y].[Y].[Y].[Y].[Y].[Y].[Y].[Y].[Y]. The fourth-order valence-electron chi connectivity index (χ4n) is 4.37. The van der Waals surface area contributed by atoms with Crippen LogP contribution in [0.2, 0.25) is 0 Å². The van der Waals surface area contributed by atoms with Gasteiger partial charge in [0.05, 0.1) is 5.56 Å². The van der Waals surface area contributed by atoms with Crippen molar-refractivity contribution in [2.75, 3.05) is 5.32 Å². The third kappa shape index (κ3) is 10.8. The number of carbonyl (C=O) groups is 1. The van der Waals surface area contributed by atoms with Gasteiger partial charge >= 0.3 is 5.97 Å². The molecule has 2 aliphatic heterocycles. The van der Waals surface area contributed by atoms with Crippen LogP contribution in [0.1, 0.15) is 27.0 Å². The molecule has 0 fully saturated rings. The van der Waals surface area contributed by atoms with Crippen LogP contribution in [0.4, 0.5) is 17.1 Å². The van der Waals surface area contributed by atoms with Crippen LogP contribution >= 0.6 is 0 Å². The van der Waals surface area contributed by atoms with Gasteiger partial charge in [-0.25, -0.2) is 4.79 Å². The number of hydrogen-bond acceptors (Lipinski definition) is 4. The number of para-hydroxylation sites is 1. The van der Waals surface area contributed by atoms with Crippen LogP contribution < -0.4 is 10.1 Å². The molecule has 0 saturated carbocycles. The van der Waals surface area contributed by atoms with Gasteiger partial charge in [0, 0.05) is 317 Å². The molecule has 5 nitrogen and oxygen atoms in total. The maximum Gasteiger partial charge on any atom is 0.340 e. The zero-order valence-corrected chi connectivity index (χ0v) is 47.0. The zero-order valence-electron chi connectivity index (χ0n) is 21.5. The van der Waals surface area contributed by atoms with Crippen LogP contribution in [-0.4, -0.2) is 5.97 Å². The minimum atomic E-state index is -1.15.